The van der Waals surface area contributed by atoms with E-state index in [9.17, 15) is 0 Å². The van der Waals surface area contributed by atoms with E-state index in [0.717, 1.165) is 11.4 Å². The van der Waals surface area contributed by atoms with Crippen LogP contribution in [0.2, 0.25) is 0 Å². The molecule has 0 bridgehead atoms. The Bertz CT molecular complexity index is 294. The van der Waals surface area contributed by atoms with Crippen LogP contribution >= 0.6 is 0 Å². The van der Waals surface area contributed by atoms with Crippen LogP contribution < -0.4 is 4.90 Å². The van der Waals surface area contributed by atoms with Crippen LogP contribution in [0.25, 0.3) is 6.08 Å². The molecule has 0 spiro atoms. The maximum absolute atomic E-state index is 4.09. The molecule has 0 aliphatic carbocycles. The van der Waals surface area contributed by atoms with E-state index in [2.05, 4.69) is 23.1 Å². The topological polar surface area (TPSA) is 29.0 Å². The first-order valence-corrected chi connectivity index (χ1v) is 3.57. The average Bonchev–Trinajstić information content (AvgIpc) is 2.16. The summed E-state index contributed by atoms with van der Waals surface area (Å²) in [4.78, 5) is 9.80. The Morgan fingerprint density at radius 2 is 2.25 bits per heavy atom. The predicted octanol–water partition coefficient (Wildman–Crippen LogP) is 1.70. The summed E-state index contributed by atoms with van der Waals surface area (Å²) in [6.07, 6.45) is 6.63. The molecule has 1 aromatic heterocycles. The molecule has 0 N–H and O–H groups in total. The summed E-state index contributed by atoms with van der Waals surface area (Å²) in [5, 5.41) is 0. The molecule has 62 valence electrons. The molecule has 1 aromatic rings. The minimum atomic E-state index is 0.815. The monoisotopic (exact) mass is 161 g/mol. The van der Waals surface area contributed by atoms with E-state index in [0.29, 0.717) is 0 Å². The quantitative estimate of drug-likeness (QED) is 0.675. The van der Waals surface area contributed by atoms with Crippen LogP contribution in [0.3, 0.4) is 0 Å². The molecule has 0 saturated heterocycles. The highest BCUT2D eigenvalue weighted by atomic mass is 15.2. The Labute approximate surface area is 72.1 Å². The fraction of sp³-hybridized carbons (Fsp3) is 0.111. The molecule has 0 aliphatic rings. The first kappa shape index (κ1) is 8.46. The van der Waals surface area contributed by atoms with Crippen molar-refractivity contribution in [1.29, 1.82) is 0 Å². The van der Waals surface area contributed by atoms with Gasteiger partial charge in [-0.05, 0) is 6.20 Å². The van der Waals surface area contributed by atoms with Gasteiger partial charge in [0.25, 0.3) is 0 Å². The zero-order chi connectivity index (χ0) is 8.97. The second-order valence-corrected chi connectivity index (χ2v) is 2.30. The summed E-state index contributed by atoms with van der Waals surface area (Å²) < 4.78 is 0. The second-order valence-electron chi connectivity index (χ2n) is 2.30. The molecule has 0 aliphatic heterocycles. The third kappa shape index (κ3) is 1.50. The van der Waals surface area contributed by atoms with E-state index in [1.807, 2.05) is 11.9 Å². The summed E-state index contributed by atoms with van der Waals surface area (Å²) in [5.74, 6) is 0.815. The van der Waals surface area contributed by atoms with Crippen molar-refractivity contribution in [3.63, 3.8) is 0 Å². The first-order valence-electron chi connectivity index (χ1n) is 3.57. The van der Waals surface area contributed by atoms with E-state index in [4.69, 9.17) is 0 Å². The highest BCUT2D eigenvalue weighted by molar-refractivity contribution is 5.62. The Morgan fingerprint density at radius 3 is 2.83 bits per heavy atom. The summed E-state index contributed by atoms with van der Waals surface area (Å²) in [6.45, 7) is 7.31. The highest BCUT2D eigenvalue weighted by Crippen LogP contribution is 2.14. The van der Waals surface area contributed by atoms with Gasteiger partial charge in [0.2, 0.25) is 0 Å². The molecule has 3 nitrogen and oxygen atoms in total. The standard InChI is InChI=1S/C9H11N3/c1-4-8-6-10-7-11-9(8)12(3)5-2/h4-7H,1-2H2,3H3. The molecule has 0 saturated carbocycles. The zero-order valence-electron chi connectivity index (χ0n) is 7.07. The number of hydrogen-bond acceptors (Lipinski definition) is 3. The van der Waals surface area contributed by atoms with Crippen molar-refractivity contribution in [2.45, 2.75) is 0 Å². The van der Waals surface area contributed by atoms with Gasteiger partial charge in [-0.3, -0.25) is 0 Å². The van der Waals surface area contributed by atoms with Crippen LogP contribution in [0.5, 0.6) is 0 Å². The molecular weight excluding hydrogens is 150 g/mol. The molecule has 0 unspecified atom stereocenters. The van der Waals surface area contributed by atoms with Gasteiger partial charge in [0.1, 0.15) is 12.1 Å². The van der Waals surface area contributed by atoms with Gasteiger partial charge in [-0.1, -0.05) is 19.2 Å². The van der Waals surface area contributed by atoms with Gasteiger partial charge in [-0.2, -0.15) is 0 Å². The van der Waals surface area contributed by atoms with Crippen LogP contribution in [0.4, 0.5) is 5.82 Å². The van der Waals surface area contributed by atoms with E-state index in [1.54, 1.807) is 18.5 Å². The number of aromatic nitrogens is 2. The van der Waals surface area contributed by atoms with Crippen molar-refractivity contribution in [3.05, 3.63) is 37.4 Å². The van der Waals surface area contributed by atoms with E-state index in [-0.39, 0.29) is 0 Å². The Morgan fingerprint density at radius 1 is 1.50 bits per heavy atom. The van der Waals surface area contributed by atoms with Crippen molar-refractivity contribution in [2.24, 2.45) is 0 Å². The van der Waals surface area contributed by atoms with Gasteiger partial charge in [-0.25, -0.2) is 9.97 Å². The molecule has 0 aromatic carbocycles. The van der Waals surface area contributed by atoms with Gasteiger partial charge >= 0.3 is 0 Å². The predicted molar refractivity (Wildman–Crippen MR) is 50.7 cm³/mol. The number of hydrogen-bond donors (Lipinski definition) is 0. The lowest BCUT2D eigenvalue weighted by molar-refractivity contribution is 1.07. The number of nitrogens with zero attached hydrogens (tertiary/aromatic N) is 3. The van der Waals surface area contributed by atoms with E-state index < -0.39 is 0 Å². The maximum Gasteiger partial charge on any atom is 0.142 e. The number of anilines is 1. The lowest BCUT2D eigenvalue weighted by atomic mass is 10.3. The van der Waals surface area contributed by atoms with Crippen molar-refractivity contribution >= 4 is 11.9 Å². The van der Waals surface area contributed by atoms with E-state index >= 15 is 0 Å². The van der Waals surface area contributed by atoms with Crippen LogP contribution in [0.15, 0.2) is 31.9 Å². The fourth-order valence-electron chi connectivity index (χ4n) is 0.859. The van der Waals surface area contributed by atoms with Gasteiger partial charge in [0.05, 0.1) is 0 Å². The zero-order valence-corrected chi connectivity index (χ0v) is 7.07. The third-order valence-corrected chi connectivity index (χ3v) is 1.55. The van der Waals surface area contributed by atoms with Crippen LogP contribution in [0.1, 0.15) is 5.56 Å². The van der Waals surface area contributed by atoms with Crippen molar-refractivity contribution in [3.8, 4) is 0 Å². The molecule has 0 radical (unpaired) electrons. The lowest BCUT2D eigenvalue weighted by Gasteiger charge is -2.13. The average molecular weight is 161 g/mol. The Balaban J connectivity index is 3.12. The molecule has 1 rings (SSSR count). The van der Waals surface area contributed by atoms with Gasteiger partial charge in [-0.15, -0.1) is 0 Å². The van der Waals surface area contributed by atoms with Crippen molar-refractivity contribution < 1.29 is 0 Å². The second kappa shape index (κ2) is 3.67. The Hall–Kier alpha value is -1.64. The van der Waals surface area contributed by atoms with Gasteiger partial charge < -0.3 is 4.90 Å². The molecule has 12 heavy (non-hydrogen) atoms. The van der Waals surface area contributed by atoms with Crippen LogP contribution in [-0.4, -0.2) is 17.0 Å². The summed E-state index contributed by atoms with van der Waals surface area (Å²) >= 11 is 0. The van der Waals surface area contributed by atoms with E-state index in [1.165, 1.54) is 6.33 Å². The van der Waals surface area contributed by atoms with Crippen molar-refractivity contribution in [2.75, 3.05) is 11.9 Å². The molecule has 3 heteroatoms. The molecular formula is C9H11N3. The first-order chi connectivity index (χ1) is 5.79. The smallest absolute Gasteiger partial charge is 0.142 e. The number of rotatable bonds is 3. The molecule has 0 fully saturated rings. The van der Waals surface area contributed by atoms with Gasteiger partial charge in [0, 0.05) is 18.8 Å². The highest BCUT2D eigenvalue weighted by Gasteiger charge is 2.02. The maximum atomic E-state index is 4.09. The molecule has 0 amide bonds. The Kier molecular flexibility index (Phi) is 2.58. The van der Waals surface area contributed by atoms with Crippen LogP contribution in [0, 0.1) is 0 Å². The minimum absolute atomic E-state index is 0.815. The van der Waals surface area contributed by atoms with Gasteiger partial charge in [0.15, 0.2) is 0 Å². The fourth-order valence-corrected chi connectivity index (χ4v) is 0.859. The largest absolute Gasteiger partial charge is 0.336 e. The minimum Gasteiger partial charge on any atom is -0.336 e. The van der Waals surface area contributed by atoms with Crippen LogP contribution in [-0.2, 0) is 0 Å². The summed E-state index contributed by atoms with van der Waals surface area (Å²) in [7, 11) is 1.88. The SMILES string of the molecule is C=Cc1cncnc1N(C)C=C. The molecule has 0 atom stereocenters. The molecule has 1 heterocycles. The van der Waals surface area contributed by atoms with Crippen molar-refractivity contribution in [1.82, 2.24) is 9.97 Å². The summed E-state index contributed by atoms with van der Waals surface area (Å²) in [6, 6.07) is 0. The third-order valence-electron chi connectivity index (χ3n) is 1.55. The lowest BCUT2D eigenvalue weighted by Crippen LogP contribution is -2.10. The summed E-state index contributed by atoms with van der Waals surface area (Å²) in [5.41, 5.74) is 0.903. The normalized spacial score (nSPS) is 9.08.